The van der Waals surface area contributed by atoms with E-state index < -0.39 is 5.41 Å². The van der Waals surface area contributed by atoms with E-state index in [1.54, 1.807) is 0 Å². The predicted molar refractivity (Wildman–Crippen MR) is 254 cm³/mol. The van der Waals surface area contributed by atoms with E-state index in [1.807, 2.05) is 11.3 Å². The van der Waals surface area contributed by atoms with E-state index in [9.17, 15) is 0 Å². The summed E-state index contributed by atoms with van der Waals surface area (Å²) in [6, 6.07) is 79.2. The second-order valence-electron chi connectivity index (χ2n) is 16.8. The molecule has 12 rings (SSSR count). The largest absolute Gasteiger partial charge is 0.310 e. The van der Waals surface area contributed by atoms with E-state index in [-0.39, 0.29) is 5.41 Å². The van der Waals surface area contributed by atoms with Gasteiger partial charge in [-0.2, -0.15) is 0 Å². The molecule has 9 aromatic carbocycles. The van der Waals surface area contributed by atoms with Crippen molar-refractivity contribution in [1.29, 1.82) is 0 Å². The van der Waals surface area contributed by atoms with Gasteiger partial charge in [-0.15, -0.1) is 11.3 Å². The lowest BCUT2D eigenvalue weighted by Gasteiger charge is -2.34. The van der Waals surface area contributed by atoms with Crippen molar-refractivity contribution in [2.24, 2.45) is 0 Å². The lowest BCUT2D eigenvalue weighted by Crippen LogP contribution is -2.28. The SMILES string of the molecule is CC1(C)c2ccccc2-c2ccc(N(c3ccc(-c4cccc5c4sc4ccccc45)cc3)c3cccc4c3-c3ccccc3C4(c3ccccc3)c3ccccc3)cc21. The summed E-state index contributed by atoms with van der Waals surface area (Å²) in [7, 11) is 0. The number of nitrogens with zero attached hydrogens (tertiary/aromatic N) is 1. The average molecular weight is 784 g/mol. The Kier molecular flexibility index (Phi) is 7.73. The van der Waals surface area contributed by atoms with Crippen LogP contribution in [0.3, 0.4) is 0 Å². The summed E-state index contributed by atoms with van der Waals surface area (Å²) >= 11 is 1.89. The van der Waals surface area contributed by atoms with Crippen LogP contribution in [0.25, 0.3) is 53.6 Å². The highest BCUT2D eigenvalue weighted by atomic mass is 32.1. The van der Waals surface area contributed by atoms with Crippen LogP contribution < -0.4 is 4.90 Å². The van der Waals surface area contributed by atoms with E-state index in [0.717, 1.165) is 11.4 Å². The van der Waals surface area contributed by atoms with Gasteiger partial charge in [0.05, 0.1) is 11.1 Å². The van der Waals surface area contributed by atoms with Gasteiger partial charge in [-0.3, -0.25) is 0 Å². The Morgan fingerprint density at radius 3 is 1.73 bits per heavy atom. The van der Waals surface area contributed by atoms with Crippen LogP contribution in [0.15, 0.2) is 212 Å². The van der Waals surface area contributed by atoms with Crippen LogP contribution in [0.1, 0.15) is 47.2 Å². The van der Waals surface area contributed by atoms with Crippen LogP contribution >= 0.6 is 11.3 Å². The molecule has 2 aliphatic carbocycles. The zero-order chi connectivity index (χ0) is 40.0. The van der Waals surface area contributed by atoms with Crippen LogP contribution in [0.4, 0.5) is 17.1 Å². The third-order valence-corrected chi connectivity index (χ3v) is 14.6. The molecule has 0 aliphatic heterocycles. The van der Waals surface area contributed by atoms with Crippen molar-refractivity contribution in [1.82, 2.24) is 0 Å². The smallest absolute Gasteiger partial charge is 0.0714 e. The maximum atomic E-state index is 2.52. The molecule has 0 N–H and O–H groups in total. The first-order chi connectivity index (χ1) is 29.5. The molecule has 0 radical (unpaired) electrons. The molecule has 10 aromatic rings. The minimum atomic E-state index is -0.496. The standard InChI is InChI=1S/C58H41NS/c1-57(2)49-26-12-9-21-44(49)45-36-35-42(37-52(45)57)59(41-33-31-38(32-34-41)43-24-15-25-47-46-22-11-14-30-54(46)60-56(43)47)53-29-16-28-51-55(53)48-23-10-13-27-50(48)58(51,39-17-5-3-6-18-39)40-19-7-4-8-20-40/h3-37H,1-2H3. The molecule has 1 nitrogen and oxygen atoms in total. The van der Waals surface area contributed by atoms with Crippen LogP contribution in [0.5, 0.6) is 0 Å². The Labute approximate surface area is 355 Å². The summed E-state index contributed by atoms with van der Waals surface area (Å²) in [5.41, 5.74) is 18.4. The topological polar surface area (TPSA) is 3.24 Å². The molecule has 0 bridgehead atoms. The van der Waals surface area contributed by atoms with E-state index in [1.165, 1.54) is 92.6 Å². The zero-order valence-electron chi connectivity index (χ0n) is 33.6. The Hall–Kier alpha value is -7.00. The molecule has 60 heavy (non-hydrogen) atoms. The van der Waals surface area contributed by atoms with Crippen LogP contribution in [-0.2, 0) is 10.8 Å². The number of anilines is 3. The summed E-state index contributed by atoms with van der Waals surface area (Å²) in [6.45, 7) is 4.75. The van der Waals surface area contributed by atoms with Crippen LogP contribution in [-0.4, -0.2) is 0 Å². The van der Waals surface area contributed by atoms with Gasteiger partial charge < -0.3 is 4.90 Å². The Balaban J connectivity index is 1.10. The molecular formula is C58H41NS. The Morgan fingerprint density at radius 1 is 0.400 bits per heavy atom. The van der Waals surface area contributed by atoms with Gasteiger partial charge in [0, 0.05) is 42.5 Å². The lowest BCUT2D eigenvalue weighted by atomic mass is 9.68. The van der Waals surface area contributed by atoms with Gasteiger partial charge in [0.15, 0.2) is 0 Å². The molecule has 0 atom stereocenters. The first kappa shape index (κ1) is 35.0. The van der Waals surface area contributed by atoms with Crippen molar-refractivity contribution >= 4 is 48.6 Å². The predicted octanol–water partition coefficient (Wildman–Crippen LogP) is 15.9. The highest BCUT2D eigenvalue weighted by Gasteiger charge is 2.47. The van der Waals surface area contributed by atoms with E-state index in [0.29, 0.717) is 0 Å². The zero-order valence-corrected chi connectivity index (χ0v) is 34.4. The third kappa shape index (κ3) is 4.92. The van der Waals surface area contributed by atoms with Crippen molar-refractivity contribution in [2.45, 2.75) is 24.7 Å². The van der Waals surface area contributed by atoms with Gasteiger partial charge in [0.25, 0.3) is 0 Å². The Bertz CT molecular complexity index is 3240. The molecule has 0 saturated heterocycles. The van der Waals surface area contributed by atoms with Gasteiger partial charge in [0.2, 0.25) is 0 Å². The highest BCUT2D eigenvalue weighted by Crippen LogP contribution is 2.60. The number of hydrogen-bond acceptors (Lipinski definition) is 2. The number of hydrogen-bond donors (Lipinski definition) is 0. The summed E-state index contributed by atoms with van der Waals surface area (Å²) in [6.07, 6.45) is 0. The fraction of sp³-hybridized carbons (Fsp3) is 0.0690. The second-order valence-corrected chi connectivity index (χ2v) is 17.8. The fourth-order valence-corrected chi connectivity index (χ4v) is 11.9. The first-order valence-corrected chi connectivity index (χ1v) is 21.7. The molecule has 0 fully saturated rings. The second kappa shape index (κ2) is 13.3. The molecule has 284 valence electrons. The normalized spacial score (nSPS) is 14.1. The number of fused-ring (bicyclic) bond motifs is 9. The molecule has 1 heterocycles. The van der Waals surface area contributed by atoms with Gasteiger partial charge in [0.1, 0.15) is 0 Å². The van der Waals surface area contributed by atoms with Crippen molar-refractivity contribution in [3.63, 3.8) is 0 Å². The first-order valence-electron chi connectivity index (χ1n) is 20.9. The molecule has 1 aromatic heterocycles. The molecule has 0 spiro atoms. The number of thiophene rings is 1. The summed E-state index contributed by atoms with van der Waals surface area (Å²) in [5.74, 6) is 0. The van der Waals surface area contributed by atoms with Gasteiger partial charge in [-0.05, 0) is 97.6 Å². The molecule has 0 saturated carbocycles. The molecule has 2 aliphatic rings. The van der Waals surface area contributed by atoms with E-state index in [4.69, 9.17) is 0 Å². The van der Waals surface area contributed by atoms with Crippen LogP contribution in [0.2, 0.25) is 0 Å². The van der Waals surface area contributed by atoms with Gasteiger partial charge >= 0.3 is 0 Å². The van der Waals surface area contributed by atoms with Crippen molar-refractivity contribution in [2.75, 3.05) is 4.90 Å². The fourth-order valence-electron chi connectivity index (χ4n) is 10.7. The summed E-state index contributed by atoms with van der Waals surface area (Å²) < 4.78 is 2.66. The van der Waals surface area contributed by atoms with Crippen molar-refractivity contribution in [3.8, 4) is 33.4 Å². The van der Waals surface area contributed by atoms with Crippen molar-refractivity contribution in [3.05, 3.63) is 246 Å². The van der Waals surface area contributed by atoms with Gasteiger partial charge in [-0.25, -0.2) is 0 Å². The molecule has 0 unspecified atom stereocenters. The maximum absolute atomic E-state index is 2.52. The summed E-state index contributed by atoms with van der Waals surface area (Å²) in [4.78, 5) is 2.52. The highest BCUT2D eigenvalue weighted by molar-refractivity contribution is 7.26. The molecule has 0 amide bonds. The van der Waals surface area contributed by atoms with Crippen LogP contribution in [0, 0.1) is 0 Å². The summed E-state index contributed by atoms with van der Waals surface area (Å²) in [5, 5.41) is 2.64. The monoisotopic (exact) mass is 783 g/mol. The maximum Gasteiger partial charge on any atom is 0.0714 e. The third-order valence-electron chi connectivity index (χ3n) is 13.4. The number of rotatable bonds is 6. The van der Waals surface area contributed by atoms with E-state index >= 15 is 0 Å². The van der Waals surface area contributed by atoms with Gasteiger partial charge in [-0.1, -0.05) is 190 Å². The Morgan fingerprint density at radius 2 is 0.967 bits per heavy atom. The van der Waals surface area contributed by atoms with Crippen molar-refractivity contribution < 1.29 is 0 Å². The minimum absolute atomic E-state index is 0.137. The minimum Gasteiger partial charge on any atom is -0.310 e. The molecule has 2 heteroatoms. The lowest BCUT2D eigenvalue weighted by molar-refractivity contribution is 0.660. The van der Waals surface area contributed by atoms with E-state index in [2.05, 4.69) is 231 Å². The quantitative estimate of drug-likeness (QED) is 0.162. The molecular weight excluding hydrogens is 743 g/mol. The number of benzene rings is 9. The average Bonchev–Trinajstić information content (AvgIpc) is 3.92.